The van der Waals surface area contributed by atoms with Gasteiger partial charge in [-0.15, -0.1) is 0 Å². The SMILES string of the molecule is CC#N.CC1CN(C(c2ccc(F)cc2)c2ccc(F)cc2)CCN1. The van der Waals surface area contributed by atoms with Crippen molar-refractivity contribution < 1.29 is 8.78 Å². The van der Waals surface area contributed by atoms with E-state index in [4.69, 9.17) is 5.26 Å². The highest BCUT2D eigenvalue weighted by molar-refractivity contribution is 5.32. The van der Waals surface area contributed by atoms with E-state index in [0.717, 1.165) is 30.8 Å². The maximum absolute atomic E-state index is 13.2. The van der Waals surface area contributed by atoms with E-state index in [1.54, 1.807) is 6.07 Å². The van der Waals surface area contributed by atoms with Crippen LogP contribution in [0.5, 0.6) is 0 Å². The molecule has 1 saturated heterocycles. The predicted molar refractivity (Wildman–Crippen MR) is 95.0 cm³/mol. The normalized spacial score (nSPS) is 17.5. The molecule has 0 spiro atoms. The van der Waals surface area contributed by atoms with Gasteiger partial charge in [-0.05, 0) is 42.3 Å². The summed E-state index contributed by atoms with van der Waals surface area (Å²) in [4.78, 5) is 2.36. The zero-order valence-electron chi connectivity index (χ0n) is 14.5. The van der Waals surface area contributed by atoms with Crippen molar-refractivity contribution in [1.82, 2.24) is 10.2 Å². The van der Waals surface area contributed by atoms with Gasteiger partial charge in [-0.3, -0.25) is 4.90 Å². The van der Waals surface area contributed by atoms with Gasteiger partial charge in [0.25, 0.3) is 0 Å². The third kappa shape index (κ3) is 5.35. The van der Waals surface area contributed by atoms with Crippen LogP contribution in [0.2, 0.25) is 0 Å². The fraction of sp³-hybridized carbons (Fsp3) is 0.350. The van der Waals surface area contributed by atoms with Crippen molar-refractivity contribution in [2.24, 2.45) is 0 Å². The second-order valence-corrected chi connectivity index (χ2v) is 6.08. The summed E-state index contributed by atoms with van der Waals surface area (Å²) in [5.74, 6) is -0.481. The summed E-state index contributed by atoms with van der Waals surface area (Å²) in [5, 5.41) is 10.7. The van der Waals surface area contributed by atoms with Crippen LogP contribution < -0.4 is 5.32 Å². The second-order valence-electron chi connectivity index (χ2n) is 6.08. The highest BCUT2D eigenvalue weighted by Crippen LogP contribution is 2.29. The van der Waals surface area contributed by atoms with E-state index in [2.05, 4.69) is 17.1 Å². The smallest absolute Gasteiger partial charge is 0.123 e. The molecule has 3 rings (SSSR count). The number of hydrogen-bond acceptors (Lipinski definition) is 3. The Morgan fingerprint density at radius 3 is 1.88 bits per heavy atom. The lowest BCUT2D eigenvalue weighted by atomic mass is 9.96. The van der Waals surface area contributed by atoms with E-state index < -0.39 is 0 Å². The molecule has 1 aliphatic rings. The van der Waals surface area contributed by atoms with Crippen molar-refractivity contribution in [3.63, 3.8) is 0 Å². The number of halogens is 2. The molecule has 1 fully saturated rings. The van der Waals surface area contributed by atoms with Gasteiger partial charge in [-0.2, -0.15) is 5.26 Å². The molecule has 0 aliphatic carbocycles. The molecule has 3 nitrogen and oxygen atoms in total. The minimum Gasteiger partial charge on any atom is -0.312 e. The molecule has 1 aliphatic heterocycles. The molecule has 0 saturated carbocycles. The van der Waals surface area contributed by atoms with Crippen LogP contribution in [-0.2, 0) is 0 Å². The Hall–Kier alpha value is -2.29. The average Bonchev–Trinajstić information content (AvgIpc) is 2.59. The Labute approximate surface area is 147 Å². The monoisotopic (exact) mass is 343 g/mol. The molecule has 1 unspecified atom stereocenters. The van der Waals surface area contributed by atoms with Crippen LogP contribution in [-0.4, -0.2) is 30.6 Å². The molecule has 5 heteroatoms. The van der Waals surface area contributed by atoms with Crippen LogP contribution in [0.4, 0.5) is 8.78 Å². The number of nitrogens with zero attached hydrogens (tertiary/aromatic N) is 2. The number of piperazine rings is 1. The minimum absolute atomic E-state index is 0.0192. The summed E-state index contributed by atoms with van der Waals surface area (Å²) in [6.45, 7) is 6.31. The summed E-state index contributed by atoms with van der Waals surface area (Å²) < 4.78 is 26.5. The average molecular weight is 343 g/mol. The molecule has 2 aromatic carbocycles. The van der Waals surface area contributed by atoms with Crippen LogP contribution in [0.25, 0.3) is 0 Å². The second kappa shape index (κ2) is 9.26. The first-order valence-corrected chi connectivity index (χ1v) is 8.34. The van der Waals surface area contributed by atoms with Gasteiger partial charge in [0.2, 0.25) is 0 Å². The number of benzene rings is 2. The van der Waals surface area contributed by atoms with Crippen molar-refractivity contribution in [1.29, 1.82) is 5.26 Å². The number of nitrogens with one attached hydrogen (secondary N) is 1. The highest BCUT2D eigenvalue weighted by Gasteiger charge is 2.26. The lowest BCUT2D eigenvalue weighted by Gasteiger charge is -2.38. The molecule has 1 heterocycles. The molecule has 25 heavy (non-hydrogen) atoms. The summed E-state index contributed by atoms with van der Waals surface area (Å²) in [7, 11) is 0. The number of hydrogen-bond donors (Lipinski definition) is 1. The molecule has 132 valence electrons. The Bertz CT molecular complexity index is 647. The largest absolute Gasteiger partial charge is 0.312 e. The number of nitriles is 1. The molecule has 1 atom stereocenters. The van der Waals surface area contributed by atoms with Crippen LogP contribution in [0.1, 0.15) is 31.0 Å². The topological polar surface area (TPSA) is 39.1 Å². The third-order valence-corrected chi connectivity index (χ3v) is 4.14. The van der Waals surface area contributed by atoms with Crippen LogP contribution in [0, 0.1) is 23.0 Å². The maximum Gasteiger partial charge on any atom is 0.123 e. The lowest BCUT2D eigenvalue weighted by Crippen LogP contribution is -2.50. The first kappa shape index (κ1) is 19.0. The third-order valence-electron chi connectivity index (χ3n) is 4.14. The van der Waals surface area contributed by atoms with Gasteiger partial charge in [0.1, 0.15) is 11.6 Å². The molecule has 0 bridgehead atoms. The van der Waals surface area contributed by atoms with Gasteiger partial charge < -0.3 is 5.32 Å². The zero-order chi connectivity index (χ0) is 18.2. The Morgan fingerprint density at radius 2 is 1.48 bits per heavy atom. The zero-order valence-corrected chi connectivity index (χ0v) is 14.5. The lowest BCUT2D eigenvalue weighted by molar-refractivity contribution is 0.170. The standard InChI is InChI=1S/C18H20F2N2.C2H3N/c1-13-12-22(11-10-21-13)18(14-2-6-16(19)7-3-14)15-4-8-17(20)9-5-15;1-2-3/h2-9,13,18,21H,10-12H2,1H3;1H3. The molecular formula is C20H23F2N3. The van der Waals surface area contributed by atoms with Gasteiger partial charge in [0, 0.05) is 32.6 Å². The van der Waals surface area contributed by atoms with Crippen molar-refractivity contribution >= 4 is 0 Å². The quantitative estimate of drug-likeness (QED) is 0.919. The van der Waals surface area contributed by atoms with Crippen LogP contribution >= 0.6 is 0 Å². The molecule has 1 N–H and O–H groups in total. The fourth-order valence-corrected chi connectivity index (χ4v) is 3.10. The number of rotatable bonds is 3. The summed E-state index contributed by atoms with van der Waals surface area (Å²) in [6, 6.07) is 15.4. The highest BCUT2D eigenvalue weighted by atomic mass is 19.1. The summed E-state index contributed by atoms with van der Waals surface area (Å²) in [6.07, 6.45) is 0. The van der Waals surface area contributed by atoms with Crippen LogP contribution in [0.3, 0.4) is 0 Å². The summed E-state index contributed by atoms with van der Waals surface area (Å²) >= 11 is 0. The van der Waals surface area contributed by atoms with Gasteiger partial charge in [0.05, 0.1) is 12.1 Å². The summed E-state index contributed by atoms with van der Waals surface area (Å²) in [5.41, 5.74) is 2.06. The minimum atomic E-state index is -0.240. The molecule has 0 aromatic heterocycles. The van der Waals surface area contributed by atoms with E-state index in [0.29, 0.717) is 6.04 Å². The van der Waals surface area contributed by atoms with E-state index in [9.17, 15) is 8.78 Å². The van der Waals surface area contributed by atoms with E-state index in [1.807, 2.05) is 24.3 Å². The Morgan fingerprint density at radius 1 is 1.04 bits per heavy atom. The fourth-order valence-electron chi connectivity index (χ4n) is 3.10. The Balaban J connectivity index is 0.000000701. The van der Waals surface area contributed by atoms with Gasteiger partial charge in [0.15, 0.2) is 0 Å². The van der Waals surface area contributed by atoms with Gasteiger partial charge in [-0.1, -0.05) is 24.3 Å². The van der Waals surface area contributed by atoms with Crippen molar-refractivity contribution in [2.45, 2.75) is 25.9 Å². The van der Waals surface area contributed by atoms with E-state index in [1.165, 1.54) is 31.2 Å². The van der Waals surface area contributed by atoms with Crippen LogP contribution in [0.15, 0.2) is 48.5 Å². The van der Waals surface area contributed by atoms with E-state index >= 15 is 0 Å². The van der Waals surface area contributed by atoms with E-state index in [-0.39, 0.29) is 17.7 Å². The molecule has 2 aromatic rings. The molecular weight excluding hydrogens is 320 g/mol. The Kier molecular flexibility index (Phi) is 7.05. The van der Waals surface area contributed by atoms with Crippen molar-refractivity contribution in [3.8, 4) is 6.07 Å². The molecule has 0 amide bonds. The molecule has 0 radical (unpaired) electrons. The van der Waals surface area contributed by atoms with Gasteiger partial charge >= 0.3 is 0 Å². The van der Waals surface area contributed by atoms with Gasteiger partial charge in [-0.25, -0.2) is 8.78 Å². The first-order valence-electron chi connectivity index (χ1n) is 8.34. The van der Waals surface area contributed by atoms with Crippen molar-refractivity contribution in [2.75, 3.05) is 19.6 Å². The van der Waals surface area contributed by atoms with Crippen molar-refractivity contribution in [3.05, 3.63) is 71.3 Å². The maximum atomic E-state index is 13.2. The first-order chi connectivity index (χ1) is 12.0. The predicted octanol–water partition coefficient (Wildman–Crippen LogP) is 3.88.